The first-order valence-electron chi connectivity index (χ1n) is 25.0. The standard InChI is InChI=1S/C49H100N4O2S2/c1-7-9-11-13-15-17-19-21-23-25-27-29-31-33-35-42-52(3,4)44-37-38-48(54)50-40-46-56-57-47-41-51-49(55)39-45-53(5,6)43-36-34-32-30-28-26-24-22-20-18-16-14-12-10-8-2/h7-47H2,1-6H3/p+2. The molecule has 340 valence electrons. The van der Waals surface area contributed by atoms with E-state index in [1.807, 2.05) is 0 Å². The summed E-state index contributed by atoms with van der Waals surface area (Å²) in [5, 5.41) is 6.21. The summed E-state index contributed by atoms with van der Waals surface area (Å²) in [6.45, 7) is 10.4. The van der Waals surface area contributed by atoms with Crippen molar-refractivity contribution in [2.75, 3.05) is 79.0 Å². The molecule has 0 aliphatic heterocycles. The van der Waals surface area contributed by atoms with Crippen molar-refractivity contribution in [3.05, 3.63) is 0 Å². The molecule has 0 aromatic carbocycles. The van der Waals surface area contributed by atoms with Crippen molar-refractivity contribution >= 4 is 33.4 Å². The Kier molecular flexibility index (Phi) is 41.9. The van der Waals surface area contributed by atoms with Crippen molar-refractivity contribution in [1.29, 1.82) is 0 Å². The molecule has 2 N–H and O–H groups in total. The minimum atomic E-state index is 0.173. The maximum atomic E-state index is 12.4. The highest BCUT2D eigenvalue weighted by Gasteiger charge is 2.17. The van der Waals surface area contributed by atoms with Gasteiger partial charge in [0.25, 0.3) is 0 Å². The van der Waals surface area contributed by atoms with E-state index in [0.29, 0.717) is 25.9 Å². The third kappa shape index (κ3) is 44.9. The average molecular weight is 844 g/mol. The van der Waals surface area contributed by atoms with E-state index in [-0.39, 0.29) is 11.8 Å². The lowest BCUT2D eigenvalue weighted by atomic mass is 10.0. The molecule has 0 saturated heterocycles. The van der Waals surface area contributed by atoms with E-state index < -0.39 is 0 Å². The van der Waals surface area contributed by atoms with E-state index in [1.54, 1.807) is 21.6 Å². The van der Waals surface area contributed by atoms with Crippen LogP contribution in [0.1, 0.15) is 226 Å². The Morgan fingerprint density at radius 3 is 0.947 bits per heavy atom. The molecule has 0 spiro atoms. The highest BCUT2D eigenvalue weighted by atomic mass is 33.1. The van der Waals surface area contributed by atoms with Crippen LogP contribution in [0.15, 0.2) is 0 Å². The number of carbonyl (C=O) groups is 2. The molecule has 0 bridgehead atoms. The fourth-order valence-corrected chi connectivity index (χ4v) is 9.69. The highest BCUT2D eigenvalue weighted by Crippen LogP contribution is 2.20. The summed E-state index contributed by atoms with van der Waals surface area (Å²) in [6.07, 6.45) is 44.3. The third-order valence-electron chi connectivity index (χ3n) is 11.9. The first kappa shape index (κ1) is 56.6. The summed E-state index contributed by atoms with van der Waals surface area (Å²) < 4.78 is 1.95. The number of quaternary nitrogens is 2. The lowest BCUT2D eigenvalue weighted by Crippen LogP contribution is -2.43. The van der Waals surface area contributed by atoms with Crippen LogP contribution >= 0.6 is 21.6 Å². The van der Waals surface area contributed by atoms with E-state index in [2.05, 4.69) is 52.7 Å². The SMILES string of the molecule is CCCCCCCCCCCCCCCCC[N+](C)(C)CCCC(=O)NCCSSCCNC(=O)CC[N+](C)(C)CCCCCCCCCCCCCCCCC. The monoisotopic (exact) mass is 843 g/mol. The molecule has 0 heterocycles. The van der Waals surface area contributed by atoms with Crippen molar-refractivity contribution in [3.63, 3.8) is 0 Å². The molecule has 0 saturated carbocycles. The quantitative estimate of drug-likeness (QED) is 0.0364. The zero-order valence-electron chi connectivity index (χ0n) is 39.5. The van der Waals surface area contributed by atoms with E-state index in [0.717, 1.165) is 46.5 Å². The van der Waals surface area contributed by atoms with Gasteiger partial charge in [-0.05, 0) is 25.7 Å². The van der Waals surface area contributed by atoms with E-state index >= 15 is 0 Å². The molecule has 0 rings (SSSR count). The van der Waals surface area contributed by atoms with Crippen LogP contribution in [0, 0.1) is 0 Å². The number of carbonyl (C=O) groups excluding carboxylic acids is 2. The second-order valence-electron chi connectivity index (χ2n) is 18.9. The Morgan fingerprint density at radius 1 is 0.351 bits per heavy atom. The summed E-state index contributed by atoms with van der Waals surface area (Å²) in [7, 11) is 12.7. The van der Waals surface area contributed by atoms with Crippen LogP contribution in [-0.2, 0) is 9.59 Å². The molecular formula is C49H102N4O2S2+2. The number of unbranched alkanes of at least 4 members (excludes halogenated alkanes) is 28. The van der Waals surface area contributed by atoms with Crippen LogP contribution in [0.2, 0.25) is 0 Å². The maximum Gasteiger partial charge on any atom is 0.225 e. The highest BCUT2D eigenvalue weighted by molar-refractivity contribution is 8.76. The smallest absolute Gasteiger partial charge is 0.225 e. The summed E-state index contributed by atoms with van der Waals surface area (Å²) in [6, 6.07) is 0. The van der Waals surface area contributed by atoms with Gasteiger partial charge in [0.15, 0.2) is 0 Å². The van der Waals surface area contributed by atoms with Crippen molar-refractivity contribution in [3.8, 4) is 0 Å². The minimum absolute atomic E-state index is 0.173. The van der Waals surface area contributed by atoms with Crippen LogP contribution < -0.4 is 10.6 Å². The van der Waals surface area contributed by atoms with Gasteiger partial charge in [-0.25, -0.2) is 0 Å². The zero-order chi connectivity index (χ0) is 42.0. The Hall–Kier alpha value is -0.440. The predicted octanol–water partition coefficient (Wildman–Crippen LogP) is 13.7. The number of hydrogen-bond donors (Lipinski definition) is 2. The molecular weight excluding hydrogens is 741 g/mol. The van der Waals surface area contributed by atoms with Gasteiger partial charge in [0, 0.05) is 37.4 Å². The molecule has 0 aliphatic rings. The Bertz CT molecular complexity index is 872. The van der Waals surface area contributed by atoms with Gasteiger partial charge in [-0.1, -0.05) is 202 Å². The largest absolute Gasteiger partial charge is 0.355 e. The zero-order valence-corrected chi connectivity index (χ0v) is 41.2. The van der Waals surface area contributed by atoms with Crippen LogP contribution in [0.5, 0.6) is 0 Å². The molecule has 0 aliphatic carbocycles. The second kappa shape index (κ2) is 42.3. The fraction of sp³-hybridized carbons (Fsp3) is 0.959. The van der Waals surface area contributed by atoms with Crippen LogP contribution in [0.3, 0.4) is 0 Å². The van der Waals surface area contributed by atoms with Gasteiger partial charge >= 0.3 is 0 Å². The van der Waals surface area contributed by atoms with Crippen molar-refractivity contribution in [1.82, 2.24) is 10.6 Å². The molecule has 0 atom stereocenters. The van der Waals surface area contributed by atoms with Gasteiger partial charge in [0.2, 0.25) is 11.8 Å². The summed E-state index contributed by atoms with van der Waals surface area (Å²) in [5.41, 5.74) is 0. The Balaban J connectivity index is 3.56. The normalized spacial score (nSPS) is 12.0. The van der Waals surface area contributed by atoms with Crippen molar-refractivity contribution in [2.45, 2.75) is 226 Å². The van der Waals surface area contributed by atoms with E-state index in [1.165, 1.54) is 199 Å². The van der Waals surface area contributed by atoms with Crippen LogP contribution in [-0.4, -0.2) is 99.7 Å². The van der Waals surface area contributed by atoms with Gasteiger partial charge in [-0.2, -0.15) is 0 Å². The second-order valence-corrected chi connectivity index (χ2v) is 21.6. The first-order chi connectivity index (χ1) is 27.6. The fourth-order valence-electron chi connectivity index (χ4n) is 7.88. The molecule has 6 nitrogen and oxygen atoms in total. The van der Waals surface area contributed by atoms with Gasteiger partial charge < -0.3 is 19.6 Å². The molecule has 0 radical (unpaired) electrons. The molecule has 0 aromatic rings. The molecule has 2 amide bonds. The van der Waals surface area contributed by atoms with Crippen LogP contribution in [0.25, 0.3) is 0 Å². The van der Waals surface area contributed by atoms with Crippen molar-refractivity contribution < 1.29 is 18.6 Å². The average Bonchev–Trinajstić information content (AvgIpc) is 3.18. The van der Waals surface area contributed by atoms with Crippen molar-refractivity contribution in [2.24, 2.45) is 0 Å². The maximum absolute atomic E-state index is 12.4. The molecule has 57 heavy (non-hydrogen) atoms. The van der Waals surface area contributed by atoms with Gasteiger partial charge in [0.1, 0.15) is 0 Å². The number of rotatable bonds is 46. The van der Waals surface area contributed by atoms with E-state index in [4.69, 9.17) is 0 Å². The number of nitrogens with one attached hydrogen (secondary N) is 2. The molecule has 0 unspecified atom stereocenters. The summed E-state index contributed by atoms with van der Waals surface area (Å²) in [5.74, 6) is 2.15. The van der Waals surface area contributed by atoms with Gasteiger partial charge in [0.05, 0.1) is 60.8 Å². The van der Waals surface area contributed by atoms with Gasteiger partial charge in [-0.3, -0.25) is 9.59 Å². The molecule has 0 aromatic heterocycles. The Morgan fingerprint density at radius 2 is 0.614 bits per heavy atom. The third-order valence-corrected chi connectivity index (χ3v) is 14.4. The van der Waals surface area contributed by atoms with E-state index in [9.17, 15) is 9.59 Å². The number of amides is 2. The number of hydrogen-bond acceptors (Lipinski definition) is 4. The minimum Gasteiger partial charge on any atom is -0.355 e. The number of nitrogens with zero attached hydrogens (tertiary/aromatic N) is 2. The first-order valence-corrected chi connectivity index (χ1v) is 27.5. The van der Waals surface area contributed by atoms with Crippen LogP contribution in [0.4, 0.5) is 0 Å². The lowest BCUT2D eigenvalue weighted by Gasteiger charge is -2.29. The van der Waals surface area contributed by atoms with Gasteiger partial charge in [-0.15, -0.1) is 0 Å². The topological polar surface area (TPSA) is 58.2 Å². The predicted molar refractivity (Wildman–Crippen MR) is 258 cm³/mol. The molecule has 0 fully saturated rings. The molecule has 8 heteroatoms. The summed E-state index contributed by atoms with van der Waals surface area (Å²) in [4.78, 5) is 24.8. The Labute approximate surface area is 365 Å². The summed E-state index contributed by atoms with van der Waals surface area (Å²) >= 11 is 0. The lowest BCUT2D eigenvalue weighted by molar-refractivity contribution is -0.890.